The third-order valence-electron chi connectivity index (χ3n) is 2.70. The van der Waals surface area contributed by atoms with E-state index in [1.807, 2.05) is 30.9 Å². The monoisotopic (exact) mass is 251 g/mol. The number of benzene rings is 1. The number of carbonyl (C=O) groups excluding carboxylic acids is 1. The number of nitrogens with zero attached hydrogens (tertiary/aromatic N) is 1. The van der Waals surface area contributed by atoms with Crippen LogP contribution in [0.3, 0.4) is 0 Å². The summed E-state index contributed by atoms with van der Waals surface area (Å²) in [7, 11) is 1.60. The molecule has 0 aromatic heterocycles. The molecule has 0 atom stereocenters. The topological polar surface area (TPSA) is 81.6 Å². The molecule has 0 spiro atoms. The van der Waals surface area contributed by atoms with Gasteiger partial charge in [0.1, 0.15) is 5.75 Å². The maximum absolute atomic E-state index is 11.0. The lowest BCUT2D eigenvalue weighted by atomic mass is 10.1. The van der Waals surface area contributed by atoms with Crippen molar-refractivity contribution in [1.29, 1.82) is 0 Å². The van der Waals surface area contributed by atoms with Crippen LogP contribution in [0.1, 0.15) is 19.4 Å². The Kier molecular flexibility index (Phi) is 4.97. The van der Waals surface area contributed by atoms with E-state index in [4.69, 9.17) is 16.2 Å². The van der Waals surface area contributed by atoms with Crippen molar-refractivity contribution in [3.05, 3.63) is 23.8 Å². The average Bonchev–Trinajstić information content (AvgIpc) is 2.26. The highest BCUT2D eigenvalue weighted by molar-refractivity contribution is 5.75. The van der Waals surface area contributed by atoms with Crippen LogP contribution in [0.5, 0.6) is 5.75 Å². The third kappa shape index (κ3) is 4.25. The van der Waals surface area contributed by atoms with E-state index < -0.39 is 0 Å². The van der Waals surface area contributed by atoms with E-state index in [0.717, 1.165) is 5.56 Å². The smallest absolute Gasteiger partial charge is 0.231 e. The van der Waals surface area contributed by atoms with Gasteiger partial charge in [-0.1, -0.05) is 0 Å². The van der Waals surface area contributed by atoms with Crippen LogP contribution in [0.2, 0.25) is 0 Å². The molecule has 1 aromatic carbocycles. The minimum Gasteiger partial charge on any atom is -0.497 e. The molecular formula is C13H21N3O2. The second kappa shape index (κ2) is 6.26. The first-order valence-corrected chi connectivity index (χ1v) is 5.88. The van der Waals surface area contributed by atoms with Gasteiger partial charge in [0.15, 0.2) is 0 Å². The van der Waals surface area contributed by atoms with Crippen LogP contribution in [0, 0.1) is 0 Å². The summed E-state index contributed by atoms with van der Waals surface area (Å²) in [6.07, 6.45) is 0. The quantitative estimate of drug-likeness (QED) is 0.738. The summed E-state index contributed by atoms with van der Waals surface area (Å²) in [5.41, 5.74) is 12.7. The van der Waals surface area contributed by atoms with E-state index >= 15 is 0 Å². The number of nitrogen functional groups attached to an aromatic ring is 1. The second-order valence-corrected chi connectivity index (χ2v) is 4.58. The van der Waals surface area contributed by atoms with Gasteiger partial charge in [0.25, 0.3) is 0 Å². The van der Waals surface area contributed by atoms with Crippen LogP contribution in [-0.4, -0.2) is 30.5 Å². The van der Waals surface area contributed by atoms with Crippen molar-refractivity contribution < 1.29 is 9.53 Å². The van der Waals surface area contributed by atoms with Gasteiger partial charge in [0.2, 0.25) is 5.91 Å². The Bertz CT molecular complexity index is 419. The summed E-state index contributed by atoms with van der Waals surface area (Å²) < 4.78 is 5.17. The Morgan fingerprint density at radius 1 is 1.39 bits per heavy atom. The van der Waals surface area contributed by atoms with Crippen molar-refractivity contribution >= 4 is 11.6 Å². The lowest BCUT2D eigenvalue weighted by Crippen LogP contribution is -2.37. The molecule has 1 rings (SSSR count). The summed E-state index contributed by atoms with van der Waals surface area (Å²) in [5.74, 6) is 0.382. The Labute approximate surface area is 108 Å². The van der Waals surface area contributed by atoms with Crippen molar-refractivity contribution in [1.82, 2.24) is 4.90 Å². The van der Waals surface area contributed by atoms with E-state index in [9.17, 15) is 4.79 Å². The number of primary amides is 1. The molecule has 0 unspecified atom stereocenters. The fraction of sp³-hybridized carbons (Fsp3) is 0.462. The zero-order chi connectivity index (χ0) is 13.7. The normalized spacial score (nSPS) is 10.9. The Balaban J connectivity index is 2.86. The molecule has 0 saturated carbocycles. The first-order chi connectivity index (χ1) is 8.42. The number of rotatable bonds is 6. The van der Waals surface area contributed by atoms with E-state index in [1.165, 1.54) is 0 Å². The molecule has 1 amide bonds. The molecule has 4 N–H and O–H groups in total. The fourth-order valence-corrected chi connectivity index (χ4v) is 1.75. The van der Waals surface area contributed by atoms with Crippen LogP contribution in [0.25, 0.3) is 0 Å². The zero-order valence-corrected chi connectivity index (χ0v) is 11.1. The maximum atomic E-state index is 11.0. The molecule has 0 bridgehead atoms. The molecule has 0 heterocycles. The van der Waals surface area contributed by atoms with Gasteiger partial charge in [-0.25, -0.2) is 0 Å². The van der Waals surface area contributed by atoms with Gasteiger partial charge in [0.05, 0.1) is 13.7 Å². The van der Waals surface area contributed by atoms with Gasteiger partial charge >= 0.3 is 0 Å². The molecule has 0 saturated heterocycles. The lowest BCUT2D eigenvalue weighted by Gasteiger charge is -2.25. The summed E-state index contributed by atoms with van der Waals surface area (Å²) in [4.78, 5) is 13.0. The highest BCUT2D eigenvalue weighted by atomic mass is 16.5. The number of hydrogen-bond donors (Lipinski definition) is 2. The number of methoxy groups -OCH3 is 1. The average molecular weight is 251 g/mol. The summed E-state index contributed by atoms with van der Waals surface area (Å²) >= 11 is 0. The molecule has 0 radical (unpaired) electrons. The summed E-state index contributed by atoms with van der Waals surface area (Å²) in [6, 6.07) is 5.77. The molecule has 0 aliphatic carbocycles. The first kappa shape index (κ1) is 14.3. The minimum atomic E-state index is -0.334. The first-order valence-electron chi connectivity index (χ1n) is 5.88. The van der Waals surface area contributed by atoms with Crippen LogP contribution in [-0.2, 0) is 11.3 Å². The largest absolute Gasteiger partial charge is 0.497 e. The molecule has 0 aliphatic rings. The number of carbonyl (C=O) groups is 1. The molecule has 5 nitrogen and oxygen atoms in total. The van der Waals surface area contributed by atoms with E-state index in [-0.39, 0.29) is 18.5 Å². The SMILES string of the molecule is COc1cc(N)cc(CN(CC(N)=O)C(C)C)c1. The van der Waals surface area contributed by atoms with Gasteiger partial charge in [-0.15, -0.1) is 0 Å². The van der Waals surface area contributed by atoms with Gasteiger partial charge in [0, 0.05) is 24.3 Å². The molecular weight excluding hydrogens is 230 g/mol. The van der Waals surface area contributed by atoms with Crippen molar-refractivity contribution in [3.63, 3.8) is 0 Å². The standard InChI is InChI=1S/C13H21N3O2/c1-9(2)16(8-13(15)17)7-10-4-11(14)6-12(5-10)18-3/h4-6,9H,7-8,14H2,1-3H3,(H2,15,17). The van der Waals surface area contributed by atoms with Gasteiger partial charge in [-0.2, -0.15) is 0 Å². The summed E-state index contributed by atoms with van der Waals surface area (Å²) in [5, 5.41) is 0. The Hall–Kier alpha value is -1.75. The number of ether oxygens (including phenoxy) is 1. The highest BCUT2D eigenvalue weighted by Gasteiger charge is 2.13. The van der Waals surface area contributed by atoms with Gasteiger partial charge in [-0.3, -0.25) is 9.69 Å². The zero-order valence-electron chi connectivity index (χ0n) is 11.1. The Morgan fingerprint density at radius 2 is 2.06 bits per heavy atom. The Morgan fingerprint density at radius 3 is 2.56 bits per heavy atom. The summed E-state index contributed by atoms with van der Waals surface area (Å²) in [6.45, 7) is 4.88. The van der Waals surface area contributed by atoms with Crippen molar-refractivity contribution in [2.45, 2.75) is 26.4 Å². The number of amides is 1. The molecule has 5 heteroatoms. The fourth-order valence-electron chi connectivity index (χ4n) is 1.75. The molecule has 18 heavy (non-hydrogen) atoms. The maximum Gasteiger partial charge on any atom is 0.231 e. The van der Waals surface area contributed by atoms with Crippen molar-refractivity contribution in [2.75, 3.05) is 19.4 Å². The molecule has 0 fully saturated rings. The number of nitrogens with two attached hydrogens (primary N) is 2. The van der Waals surface area contributed by atoms with E-state index in [2.05, 4.69) is 0 Å². The molecule has 100 valence electrons. The predicted octanol–water partition coefficient (Wildman–Crippen LogP) is 0.973. The van der Waals surface area contributed by atoms with Crippen molar-refractivity contribution in [2.24, 2.45) is 5.73 Å². The number of anilines is 1. The van der Waals surface area contributed by atoms with Crippen molar-refractivity contribution in [3.8, 4) is 5.75 Å². The van der Waals surface area contributed by atoms with Crippen LogP contribution in [0.4, 0.5) is 5.69 Å². The molecule has 0 aliphatic heterocycles. The second-order valence-electron chi connectivity index (χ2n) is 4.58. The van der Waals surface area contributed by atoms with E-state index in [0.29, 0.717) is 18.0 Å². The predicted molar refractivity (Wildman–Crippen MR) is 72.1 cm³/mol. The third-order valence-corrected chi connectivity index (χ3v) is 2.70. The van der Waals surface area contributed by atoms with Crippen LogP contribution >= 0.6 is 0 Å². The highest BCUT2D eigenvalue weighted by Crippen LogP contribution is 2.20. The van der Waals surface area contributed by atoms with E-state index in [1.54, 1.807) is 13.2 Å². The lowest BCUT2D eigenvalue weighted by molar-refractivity contribution is -0.119. The van der Waals surface area contributed by atoms with Crippen LogP contribution < -0.4 is 16.2 Å². The van der Waals surface area contributed by atoms with Gasteiger partial charge in [-0.05, 0) is 31.5 Å². The molecule has 1 aromatic rings. The minimum absolute atomic E-state index is 0.227. The number of hydrogen-bond acceptors (Lipinski definition) is 4. The van der Waals surface area contributed by atoms with Gasteiger partial charge < -0.3 is 16.2 Å². The van der Waals surface area contributed by atoms with Crippen LogP contribution in [0.15, 0.2) is 18.2 Å².